The van der Waals surface area contributed by atoms with Crippen molar-refractivity contribution in [3.05, 3.63) is 24.3 Å². The lowest BCUT2D eigenvalue weighted by Crippen LogP contribution is -2.44. The summed E-state index contributed by atoms with van der Waals surface area (Å²) in [5, 5.41) is 5.50. The Labute approximate surface area is 148 Å². The molecule has 0 heterocycles. The van der Waals surface area contributed by atoms with E-state index in [4.69, 9.17) is 14.2 Å². The van der Waals surface area contributed by atoms with Gasteiger partial charge in [0.05, 0.1) is 33.4 Å². The minimum Gasteiger partial charge on any atom is -0.497 e. The number of anilines is 1. The quantitative estimate of drug-likeness (QED) is 0.515. The Morgan fingerprint density at radius 2 is 1.36 bits per heavy atom. The average Bonchev–Trinajstić information content (AvgIpc) is 2.61. The van der Waals surface area contributed by atoms with Gasteiger partial charge in [-0.05, 0) is 24.3 Å². The zero-order valence-corrected chi connectivity index (χ0v) is 15.0. The molecular formula is C17H27N3O5. The number of benzene rings is 1. The van der Waals surface area contributed by atoms with Gasteiger partial charge in [0, 0.05) is 33.0 Å². The Bertz CT molecular complexity index is 498. The van der Waals surface area contributed by atoms with Gasteiger partial charge in [-0.1, -0.05) is 0 Å². The predicted molar refractivity (Wildman–Crippen MR) is 95.0 cm³/mol. The Kier molecular flexibility index (Phi) is 10.0. The van der Waals surface area contributed by atoms with E-state index in [0.717, 1.165) is 5.69 Å². The smallest absolute Gasteiger partial charge is 0.239 e. The third-order valence-corrected chi connectivity index (χ3v) is 3.36. The van der Waals surface area contributed by atoms with E-state index in [1.54, 1.807) is 38.4 Å². The molecule has 0 aliphatic rings. The van der Waals surface area contributed by atoms with Crippen LogP contribution in [0.1, 0.15) is 0 Å². The molecule has 0 aromatic heterocycles. The lowest BCUT2D eigenvalue weighted by molar-refractivity contribution is -0.120. The summed E-state index contributed by atoms with van der Waals surface area (Å²) in [6, 6.07) is 7.19. The zero-order valence-electron chi connectivity index (χ0n) is 15.0. The second-order valence-corrected chi connectivity index (χ2v) is 5.24. The molecule has 1 rings (SSSR count). The van der Waals surface area contributed by atoms with E-state index in [0.29, 0.717) is 32.1 Å². The van der Waals surface area contributed by atoms with Gasteiger partial charge in [0.1, 0.15) is 5.75 Å². The third kappa shape index (κ3) is 8.37. The van der Waals surface area contributed by atoms with Crippen molar-refractivity contribution >= 4 is 17.5 Å². The lowest BCUT2D eigenvalue weighted by atomic mass is 10.2. The number of nitrogens with one attached hydrogen (secondary N) is 2. The molecule has 0 saturated heterocycles. The molecule has 2 N–H and O–H groups in total. The second-order valence-electron chi connectivity index (χ2n) is 5.24. The van der Waals surface area contributed by atoms with Crippen LogP contribution in [-0.4, -0.2) is 72.5 Å². The molecule has 0 radical (unpaired) electrons. The fourth-order valence-corrected chi connectivity index (χ4v) is 2.08. The second kappa shape index (κ2) is 12.1. The highest BCUT2D eigenvalue weighted by atomic mass is 16.5. The highest BCUT2D eigenvalue weighted by Crippen LogP contribution is 2.18. The molecule has 25 heavy (non-hydrogen) atoms. The maximum atomic E-state index is 12.1. The van der Waals surface area contributed by atoms with Crippen LogP contribution in [0.15, 0.2) is 24.3 Å². The molecule has 0 spiro atoms. The van der Waals surface area contributed by atoms with E-state index in [9.17, 15) is 9.59 Å². The number of amides is 2. The minimum absolute atomic E-state index is 0.0632. The number of rotatable bonds is 12. The van der Waals surface area contributed by atoms with Crippen LogP contribution in [0, 0.1) is 0 Å². The van der Waals surface area contributed by atoms with Crippen molar-refractivity contribution in [2.45, 2.75) is 0 Å². The molecule has 0 aliphatic heterocycles. The molecule has 0 atom stereocenters. The van der Waals surface area contributed by atoms with Crippen LogP contribution in [0.5, 0.6) is 5.75 Å². The molecule has 0 unspecified atom stereocenters. The molecule has 0 aliphatic carbocycles. The summed E-state index contributed by atoms with van der Waals surface area (Å²) >= 11 is 0. The predicted octanol–water partition coefficient (Wildman–Crippen LogP) is 0.0268. The first kappa shape index (κ1) is 20.7. The molecule has 1 aromatic carbocycles. The number of nitrogens with zero attached hydrogens (tertiary/aromatic N) is 1. The first-order valence-electron chi connectivity index (χ1n) is 8.01. The van der Waals surface area contributed by atoms with E-state index >= 15 is 0 Å². The maximum Gasteiger partial charge on any atom is 0.239 e. The van der Waals surface area contributed by atoms with Crippen LogP contribution in [0.3, 0.4) is 0 Å². The van der Waals surface area contributed by atoms with Crippen molar-refractivity contribution in [1.29, 1.82) is 0 Å². The number of hydrogen-bond donors (Lipinski definition) is 2. The van der Waals surface area contributed by atoms with E-state index in [-0.39, 0.29) is 24.9 Å². The van der Waals surface area contributed by atoms with Crippen LogP contribution in [0.2, 0.25) is 0 Å². The maximum absolute atomic E-state index is 12.1. The fraction of sp³-hybridized carbons (Fsp3) is 0.529. The van der Waals surface area contributed by atoms with Crippen molar-refractivity contribution in [1.82, 2.24) is 10.6 Å². The van der Waals surface area contributed by atoms with Crippen molar-refractivity contribution in [2.24, 2.45) is 0 Å². The Hall–Kier alpha value is -2.32. The standard InChI is InChI=1S/C17H27N3O5/c1-23-10-8-18-16(21)12-20(13-17(22)19-9-11-24-2)14-4-6-15(25-3)7-5-14/h4-7H,8-13H2,1-3H3,(H,18,21)(H,19,22). The summed E-state index contributed by atoms with van der Waals surface area (Å²) in [4.78, 5) is 25.9. The third-order valence-electron chi connectivity index (χ3n) is 3.36. The molecule has 0 bridgehead atoms. The van der Waals surface area contributed by atoms with Crippen LogP contribution in [0.25, 0.3) is 0 Å². The van der Waals surface area contributed by atoms with E-state index in [2.05, 4.69) is 10.6 Å². The van der Waals surface area contributed by atoms with Gasteiger partial charge in [-0.15, -0.1) is 0 Å². The SMILES string of the molecule is COCCNC(=O)CN(CC(=O)NCCOC)c1ccc(OC)cc1. The first-order valence-corrected chi connectivity index (χ1v) is 8.01. The molecule has 0 saturated carbocycles. The van der Waals surface area contributed by atoms with Crippen molar-refractivity contribution < 1.29 is 23.8 Å². The van der Waals surface area contributed by atoms with Gasteiger partial charge in [-0.3, -0.25) is 9.59 Å². The van der Waals surface area contributed by atoms with Gasteiger partial charge >= 0.3 is 0 Å². The van der Waals surface area contributed by atoms with Crippen LogP contribution >= 0.6 is 0 Å². The number of ether oxygens (including phenoxy) is 3. The summed E-state index contributed by atoms with van der Waals surface area (Å²) in [6.45, 7) is 1.84. The molecule has 8 nitrogen and oxygen atoms in total. The van der Waals surface area contributed by atoms with Gasteiger partial charge in [-0.25, -0.2) is 0 Å². The molecule has 0 fully saturated rings. The Balaban J connectivity index is 2.71. The molecule has 1 aromatic rings. The molecule has 140 valence electrons. The Morgan fingerprint density at radius 1 is 0.880 bits per heavy atom. The van der Waals surface area contributed by atoms with Crippen LogP contribution < -0.4 is 20.3 Å². The lowest BCUT2D eigenvalue weighted by Gasteiger charge is -2.24. The molecular weight excluding hydrogens is 326 g/mol. The van der Waals surface area contributed by atoms with E-state index in [1.165, 1.54) is 0 Å². The van der Waals surface area contributed by atoms with Gasteiger partial charge in [-0.2, -0.15) is 0 Å². The first-order chi connectivity index (χ1) is 12.1. The normalized spacial score (nSPS) is 10.2. The fourth-order valence-electron chi connectivity index (χ4n) is 2.08. The van der Waals surface area contributed by atoms with Crippen LogP contribution in [-0.2, 0) is 19.1 Å². The van der Waals surface area contributed by atoms with Gasteiger partial charge in [0.2, 0.25) is 11.8 Å². The molecule has 8 heteroatoms. The van der Waals surface area contributed by atoms with Gasteiger partial charge < -0.3 is 29.7 Å². The van der Waals surface area contributed by atoms with Gasteiger partial charge in [0.25, 0.3) is 0 Å². The van der Waals surface area contributed by atoms with Crippen molar-refractivity contribution in [3.63, 3.8) is 0 Å². The summed E-state index contributed by atoms with van der Waals surface area (Å²) in [6.07, 6.45) is 0. The number of hydrogen-bond acceptors (Lipinski definition) is 6. The highest BCUT2D eigenvalue weighted by molar-refractivity contribution is 5.86. The van der Waals surface area contributed by atoms with Crippen molar-refractivity contribution in [2.75, 3.05) is 65.6 Å². The monoisotopic (exact) mass is 353 g/mol. The minimum atomic E-state index is -0.183. The molecule has 2 amide bonds. The van der Waals surface area contributed by atoms with Gasteiger partial charge in [0.15, 0.2) is 0 Å². The average molecular weight is 353 g/mol. The number of methoxy groups -OCH3 is 3. The number of carbonyl (C=O) groups excluding carboxylic acids is 2. The summed E-state index contributed by atoms with van der Waals surface area (Å²) in [5.74, 6) is 0.341. The van der Waals surface area contributed by atoms with E-state index in [1.807, 2.05) is 12.1 Å². The van der Waals surface area contributed by atoms with E-state index < -0.39 is 0 Å². The largest absolute Gasteiger partial charge is 0.497 e. The Morgan fingerprint density at radius 3 is 1.76 bits per heavy atom. The number of carbonyl (C=O) groups is 2. The van der Waals surface area contributed by atoms with Crippen LogP contribution in [0.4, 0.5) is 5.69 Å². The summed E-state index contributed by atoms with van der Waals surface area (Å²) in [7, 11) is 4.72. The zero-order chi connectivity index (χ0) is 18.5. The highest BCUT2D eigenvalue weighted by Gasteiger charge is 2.15. The topological polar surface area (TPSA) is 89.1 Å². The van der Waals surface area contributed by atoms with Crippen molar-refractivity contribution in [3.8, 4) is 5.75 Å². The summed E-state index contributed by atoms with van der Waals surface area (Å²) < 4.78 is 15.0. The summed E-state index contributed by atoms with van der Waals surface area (Å²) in [5.41, 5.74) is 0.754.